The first kappa shape index (κ1) is 16.8. The monoisotopic (exact) mass is 300 g/mol. The highest BCUT2D eigenvalue weighted by Crippen LogP contribution is 2.21. The summed E-state index contributed by atoms with van der Waals surface area (Å²) in [6, 6.07) is 3.84. The minimum absolute atomic E-state index is 0.0213. The van der Waals surface area contributed by atoms with E-state index < -0.39 is 15.8 Å². The van der Waals surface area contributed by atoms with Gasteiger partial charge in [0.25, 0.3) is 0 Å². The number of nitrogens with zero attached hydrogens (tertiary/aromatic N) is 1. The molecular formula is C14H21FN2O2S. The summed E-state index contributed by atoms with van der Waals surface area (Å²) in [7, 11) is -0.454. The Balaban J connectivity index is 3.07. The van der Waals surface area contributed by atoms with E-state index in [4.69, 9.17) is 0 Å². The Morgan fingerprint density at radius 2 is 2.15 bits per heavy atom. The van der Waals surface area contributed by atoms with Gasteiger partial charge in [-0.2, -0.15) is 0 Å². The molecule has 1 rings (SSSR count). The summed E-state index contributed by atoms with van der Waals surface area (Å²) < 4.78 is 39.6. The van der Waals surface area contributed by atoms with Crippen LogP contribution in [0.15, 0.2) is 35.7 Å². The SMILES string of the molecule is C=CCCCN(C)S(=O)(=O)c1cc(F)ccc1CNC. The van der Waals surface area contributed by atoms with Crippen LogP contribution in [0.5, 0.6) is 0 Å². The fraction of sp³-hybridized carbons (Fsp3) is 0.429. The van der Waals surface area contributed by atoms with Crippen molar-refractivity contribution in [1.82, 2.24) is 9.62 Å². The van der Waals surface area contributed by atoms with Crippen molar-refractivity contribution in [1.29, 1.82) is 0 Å². The highest BCUT2D eigenvalue weighted by Gasteiger charge is 2.23. The van der Waals surface area contributed by atoms with Crippen LogP contribution in [0.3, 0.4) is 0 Å². The second kappa shape index (κ2) is 7.52. The molecule has 0 unspecified atom stereocenters. The molecule has 1 aromatic rings. The van der Waals surface area contributed by atoms with Crippen molar-refractivity contribution in [3.63, 3.8) is 0 Å². The molecule has 0 amide bonds. The normalized spacial score (nSPS) is 11.8. The summed E-state index contributed by atoms with van der Waals surface area (Å²) in [6.45, 7) is 4.35. The van der Waals surface area contributed by atoms with Crippen molar-refractivity contribution in [3.8, 4) is 0 Å². The highest BCUT2D eigenvalue weighted by molar-refractivity contribution is 7.89. The van der Waals surface area contributed by atoms with E-state index in [1.165, 1.54) is 23.5 Å². The molecule has 0 fully saturated rings. The van der Waals surface area contributed by atoms with Crippen molar-refractivity contribution >= 4 is 10.0 Å². The maximum atomic E-state index is 13.4. The highest BCUT2D eigenvalue weighted by atomic mass is 32.2. The summed E-state index contributed by atoms with van der Waals surface area (Å²) in [4.78, 5) is 0.0213. The van der Waals surface area contributed by atoms with E-state index in [1.807, 2.05) is 0 Å². The molecule has 1 aromatic carbocycles. The quantitative estimate of drug-likeness (QED) is 0.591. The predicted octanol–water partition coefficient (Wildman–Crippen LogP) is 2.13. The van der Waals surface area contributed by atoms with Gasteiger partial charge in [-0.3, -0.25) is 0 Å². The number of rotatable bonds is 8. The van der Waals surface area contributed by atoms with E-state index in [9.17, 15) is 12.8 Å². The van der Waals surface area contributed by atoms with Crippen LogP contribution < -0.4 is 5.32 Å². The molecule has 0 bridgehead atoms. The van der Waals surface area contributed by atoms with E-state index >= 15 is 0 Å². The molecule has 0 saturated heterocycles. The summed E-state index contributed by atoms with van der Waals surface area (Å²) in [5, 5.41) is 2.89. The van der Waals surface area contributed by atoms with Gasteiger partial charge in [0.2, 0.25) is 10.0 Å². The number of sulfonamides is 1. The molecule has 0 spiro atoms. The van der Waals surface area contributed by atoms with Crippen molar-refractivity contribution in [2.24, 2.45) is 0 Å². The van der Waals surface area contributed by atoms with Gasteiger partial charge >= 0.3 is 0 Å². The van der Waals surface area contributed by atoms with E-state index in [1.54, 1.807) is 13.1 Å². The summed E-state index contributed by atoms with van der Waals surface area (Å²) >= 11 is 0. The fourth-order valence-corrected chi connectivity index (χ4v) is 3.29. The van der Waals surface area contributed by atoms with Gasteiger partial charge in [0, 0.05) is 20.1 Å². The van der Waals surface area contributed by atoms with Crippen LogP contribution in [-0.4, -0.2) is 33.4 Å². The van der Waals surface area contributed by atoms with Crippen molar-refractivity contribution in [2.75, 3.05) is 20.6 Å². The lowest BCUT2D eigenvalue weighted by molar-refractivity contribution is 0.461. The zero-order valence-electron chi connectivity index (χ0n) is 11.9. The first-order valence-electron chi connectivity index (χ1n) is 6.43. The van der Waals surface area contributed by atoms with Crippen LogP contribution >= 0.6 is 0 Å². The first-order valence-corrected chi connectivity index (χ1v) is 7.87. The van der Waals surface area contributed by atoms with Crippen LogP contribution in [0, 0.1) is 5.82 Å². The van der Waals surface area contributed by atoms with E-state index in [-0.39, 0.29) is 4.90 Å². The molecule has 0 atom stereocenters. The molecule has 0 heterocycles. The molecular weight excluding hydrogens is 279 g/mol. The Bertz CT molecular complexity index is 558. The number of hydrogen-bond donors (Lipinski definition) is 1. The fourth-order valence-electron chi connectivity index (χ4n) is 1.85. The molecule has 0 aliphatic heterocycles. The molecule has 0 radical (unpaired) electrons. The third-order valence-electron chi connectivity index (χ3n) is 2.97. The molecule has 0 aliphatic carbocycles. The molecule has 6 heteroatoms. The zero-order valence-corrected chi connectivity index (χ0v) is 12.7. The molecule has 4 nitrogen and oxygen atoms in total. The van der Waals surface area contributed by atoms with Crippen LogP contribution in [0.25, 0.3) is 0 Å². The lowest BCUT2D eigenvalue weighted by Crippen LogP contribution is -2.29. The molecule has 0 saturated carbocycles. The number of hydrogen-bond acceptors (Lipinski definition) is 3. The number of halogens is 1. The molecule has 112 valence electrons. The second-order valence-corrected chi connectivity index (χ2v) is 6.55. The number of nitrogens with one attached hydrogen (secondary N) is 1. The van der Waals surface area contributed by atoms with Crippen molar-refractivity contribution in [2.45, 2.75) is 24.3 Å². The van der Waals surface area contributed by atoms with Crippen molar-refractivity contribution < 1.29 is 12.8 Å². The van der Waals surface area contributed by atoms with E-state index in [2.05, 4.69) is 11.9 Å². The van der Waals surface area contributed by atoms with Gasteiger partial charge in [0.1, 0.15) is 5.82 Å². The summed E-state index contributed by atoms with van der Waals surface area (Å²) in [5.74, 6) is -0.553. The largest absolute Gasteiger partial charge is 0.316 e. The van der Waals surface area contributed by atoms with Gasteiger partial charge in [-0.25, -0.2) is 17.1 Å². The van der Waals surface area contributed by atoms with Crippen molar-refractivity contribution in [3.05, 3.63) is 42.2 Å². The van der Waals surface area contributed by atoms with Crippen LogP contribution in [0.2, 0.25) is 0 Å². The Labute approximate surface area is 120 Å². The maximum Gasteiger partial charge on any atom is 0.243 e. The summed E-state index contributed by atoms with van der Waals surface area (Å²) in [6.07, 6.45) is 3.18. The Morgan fingerprint density at radius 3 is 2.75 bits per heavy atom. The molecule has 1 N–H and O–H groups in total. The van der Waals surface area contributed by atoms with Crippen LogP contribution in [-0.2, 0) is 16.6 Å². The lowest BCUT2D eigenvalue weighted by atomic mass is 10.2. The number of allylic oxidation sites excluding steroid dienone is 1. The number of unbranched alkanes of at least 4 members (excludes halogenated alkanes) is 1. The maximum absolute atomic E-state index is 13.4. The van der Waals surface area contributed by atoms with Crippen LogP contribution in [0.4, 0.5) is 4.39 Å². The average Bonchev–Trinajstić information content (AvgIpc) is 2.41. The predicted molar refractivity (Wildman–Crippen MR) is 78.4 cm³/mol. The van der Waals surface area contributed by atoms with Gasteiger partial charge in [-0.05, 0) is 37.6 Å². The van der Waals surface area contributed by atoms with Gasteiger partial charge in [-0.1, -0.05) is 12.1 Å². The van der Waals surface area contributed by atoms with E-state index in [0.717, 1.165) is 12.5 Å². The van der Waals surface area contributed by atoms with Gasteiger partial charge in [-0.15, -0.1) is 6.58 Å². The van der Waals surface area contributed by atoms with E-state index in [0.29, 0.717) is 25.1 Å². The summed E-state index contributed by atoms with van der Waals surface area (Å²) in [5.41, 5.74) is 0.560. The second-order valence-electron chi connectivity index (χ2n) is 4.54. The topological polar surface area (TPSA) is 49.4 Å². The Kier molecular flexibility index (Phi) is 6.32. The standard InChI is InChI=1S/C14H21FN2O2S/c1-4-5-6-9-17(3)20(18,19)14-10-13(15)8-7-12(14)11-16-2/h4,7-8,10,16H,1,5-6,9,11H2,2-3H3. The first-order chi connectivity index (χ1) is 9.43. The molecule has 0 aromatic heterocycles. The third kappa shape index (κ3) is 4.13. The number of benzene rings is 1. The lowest BCUT2D eigenvalue weighted by Gasteiger charge is -2.19. The zero-order chi connectivity index (χ0) is 15.2. The van der Waals surface area contributed by atoms with Gasteiger partial charge in [0.15, 0.2) is 0 Å². The molecule has 20 heavy (non-hydrogen) atoms. The minimum atomic E-state index is -3.68. The average molecular weight is 300 g/mol. The van der Waals surface area contributed by atoms with Crippen LogP contribution in [0.1, 0.15) is 18.4 Å². The van der Waals surface area contributed by atoms with Gasteiger partial charge < -0.3 is 5.32 Å². The smallest absolute Gasteiger partial charge is 0.243 e. The Morgan fingerprint density at radius 1 is 1.45 bits per heavy atom. The minimum Gasteiger partial charge on any atom is -0.316 e. The van der Waals surface area contributed by atoms with Gasteiger partial charge in [0.05, 0.1) is 4.90 Å². The molecule has 0 aliphatic rings. The Hall–Kier alpha value is -1.24. The third-order valence-corrected chi connectivity index (χ3v) is 4.90.